The summed E-state index contributed by atoms with van der Waals surface area (Å²) >= 11 is 1.74. The first kappa shape index (κ1) is 15.1. The Morgan fingerprint density at radius 2 is 1.94 bits per heavy atom. The van der Waals surface area contributed by atoms with Gasteiger partial charge in [-0.3, -0.25) is 4.79 Å². The van der Waals surface area contributed by atoms with Crippen LogP contribution < -0.4 is 10.6 Å². The van der Waals surface area contributed by atoms with Gasteiger partial charge in [0.15, 0.2) is 0 Å². The lowest BCUT2D eigenvalue weighted by molar-refractivity contribution is -0.141. The van der Waals surface area contributed by atoms with Gasteiger partial charge in [-0.2, -0.15) is 11.8 Å². The van der Waals surface area contributed by atoms with E-state index in [1.807, 2.05) is 6.26 Å². The van der Waals surface area contributed by atoms with E-state index >= 15 is 0 Å². The third kappa shape index (κ3) is 8.40. The molecule has 0 aromatic rings. The van der Waals surface area contributed by atoms with Gasteiger partial charge in [-0.25, -0.2) is 4.79 Å². The Morgan fingerprint density at radius 3 is 2.50 bits per heavy atom. The van der Waals surface area contributed by atoms with Crippen LogP contribution in [0.3, 0.4) is 0 Å². The highest BCUT2D eigenvalue weighted by Gasteiger charge is 2.10. The molecule has 2 amide bonds. The van der Waals surface area contributed by atoms with E-state index in [-0.39, 0.29) is 6.03 Å². The average molecular weight is 248 g/mol. The van der Waals surface area contributed by atoms with E-state index in [4.69, 9.17) is 5.11 Å². The maximum atomic E-state index is 11.2. The summed E-state index contributed by atoms with van der Waals surface area (Å²) in [4.78, 5) is 21.7. The molecular formula is C10H20N2O3S. The van der Waals surface area contributed by atoms with Gasteiger partial charge in [0.1, 0.15) is 0 Å². The number of carbonyl (C=O) groups excluding carboxylic acids is 1. The van der Waals surface area contributed by atoms with Crippen LogP contribution in [-0.4, -0.2) is 42.2 Å². The number of thioether (sulfide) groups is 1. The average Bonchev–Trinajstić information content (AvgIpc) is 2.24. The van der Waals surface area contributed by atoms with Crippen molar-refractivity contribution in [2.24, 2.45) is 5.92 Å². The smallest absolute Gasteiger partial charge is 0.314 e. The molecule has 0 saturated carbocycles. The molecule has 0 heterocycles. The fraction of sp³-hybridized carbons (Fsp3) is 0.800. The predicted molar refractivity (Wildman–Crippen MR) is 65.8 cm³/mol. The molecule has 6 heteroatoms. The van der Waals surface area contributed by atoms with E-state index in [1.165, 1.54) is 0 Å². The summed E-state index contributed by atoms with van der Waals surface area (Å²) in [6, 6.07) is -0.223. The molecule has 3 N–H and O–H groups in total. The second-order valence-corrected chi connectivity index (χ2v) is 4.54. The van der Waals surface area contributed by atoms with Crippen LogP contribution in [0.25, 0.3) is 0 Å². The molecule has 0 fully saturated rings. The fourth-order valence-electron chi connectivity index (χ4n) is 1.01. The van der Waals surface area contributed by atoms with Crippen molar-refractivity contribution in [2.45, 2.75) is 19.8 Å². The van der Waals surface area contributed by atoms with Crippen molar-refractivity contribution in [3.63, 3.8) is 0 Å². The summed E-state index contributed by atoms with van der Waals surface area (Å²) < 4.78 is 0. The highest BCUT2D eigenvalue weighted by atomic mass is 32.2. The summed E-state index contributed by atoms with van der Waals surface area (Å²) in [5.41, 5.74) is 0. The van der Waals surface area contributed by atoms with Crippen molar-refractivity contribution in [3.05, 3.63) is 0 Å². The second-order valence-electron chi connectivity index (χ2n) is 3.56. The number of hydrogen-bond donors (Lipinski definition) is 3. The molecule has 0 aliphatic rings. The third-order valence-electron chi connectivity index (χ3n) is 2.10. The maximum absolute atomic E-state index is 11.2. The van der Waals surface area contributed by atoms with Gasteiger partial charge >= 0.3 is 12.0 Å². The molecule has 0 aliphatic heterocycles. The Morgan fingerprint density at radius 1 is 1.31 bits per heavy atom. The fourth-order valence-corrected chi connectivity index (χ4v) is 1.44. The SMILES string of the molecule is CSCCCNC(=O)NCCC(C)C(=O)O. The van der Waals surface area contributed by atoms with E-state index in [9.17, 15) is 9.59 Å². The standard InChI is InChI=1S/C10H20N2O3S/c1-8(9(13)14)4-6-12-10(15)11-5-3-7-16-2/h8H,3-7H2,1-2H3,(H,13,14)(H2,11,12,15). The summed E-state index contributed by atoms with van der Waals surface area (Å²) in [6.45, 7) is 2.67. The lowest BCUT2D eigenvalue weighted by Gasteiger charge is -2.08. The van der Waals surface area contributed by atoms with Gasteiger partial charge in [-0.05, 0) is 24.9 Å². The lowest BCUT2D eigenvalue weighted by atomic mass is 10.1. The lowest BCUT2D eigenvalue weighted by Crippen LogP contribution is -2.37. The Hall–Kier alpha value is -0.910. The Bertz CT molecular complexity index is 224. The van der Waals surface area contributed by atoms with Crippen molar-refractivity contribution in [2.75, 3.05) is 25.1 Å². The predicted octanol–water partition coefficient (Wildman–Crippen LogP) is 1.15. The number of hydrogen-bond acceptors (Lipinski definition) is 3. The van der Waals surface area contributed by atoms with Crippen LogP contribution >= 0.6 is 11.8 Å². The number of rotatable bonds is 8. The zero-order valence-corrected chi connectivity index (χ0v) is 10.6. The van der Waals surface area contributed by atoms with Gasteiger partial charge in [0, 0.05) is 13.1 Å². The van der Waals surface area contributed by atoms with Crippen LogP contribution in [-0.2, 0) is 4.79 Å². The molecule has 1 atom stereocenters. The van der Waals surface area contributed by atoms with Gasteiger partial charge in [-0.15, -0.1) is 0 Å². The van der Waals surface area contributed by atoms with Gasteiger partial charge < -0.3 is 15.7 Å². The first-order chi connectivity index (χ1) is 7.57. The molecule has 1 unspecified atom stereocenters. The molecule has 0 aromatic heterocycles. The first-order valence-electron chi connectivity index (χ1n) is 5.31. The first-order valence-corrected chi connectivity index (χ1v) is 6.70. The van der Waals surface area contributed by atoms with Gasteiger partial charge in [0.25, 0.3) is 0 Å². The zero-order chi connectivity index (χ0) is 12.4. The van der Waals surface area contributed by atoms with E-state index in [2.05, 4.69) is 10.6 Å². The normalized spacial score (nSPS) is 11.9. The Kier molecular flexibility index (Phi) is 8.80. The van der Waals surface area contributed by atoms with Crippen LogP contribution in [0, 0.1) is 5.92 Å². The molecular weight excluding hydrogens is 228 g/mol. The van der Waals surface area contributed by atoms with Crippen molar-refractivity contribution < 1.29 is 14.7 Å². The molecule has 16 heavy (non-hydrogen) atoms. The van der Waals surface area contributed by atoms with Crippen molar-refractivity contribution >= 4 is 23.8 Å². The molecule has 0 rings (SSSR count). The van der Waals surface area contributed by atoms with Crippen molar-refractivity contribution in [3.8, 4) is 0 Å². The number of urea groups is 1. The van der Waals surface area contributed by atoms with Crippen molar-refractivity contribution in [1.82, 2.24) is 10.6 Å². The molecule has 94 valence electrons. The Labute approximate surface area is 100 Å². The second kappa shape index (κ2) is 9.33. The topological polar surface area (TPSA) is 78.4 Å². The largest absolute Gasteiger partial charge is 0.481 e. The minimum Gasteiger partial charge on any atom is -0.481 e. The summed E-state index contributed by atoms with van der Waals surface area (Å²) in [5.74, 6) is -0.227. The number of carboxylic acid groups (broad SMARTS) is 1. The maximum Gasteiger partial charge on any atom is 0.314 e. The monoisotopic (exact) mass is 248 g/mol. The van der Waals surface area contributed by atoms with Crippen LogP contribution in [0.2, 0.25) is 0 Å². The van der Waals surface area contributed by atoms with Crippen LogP contribution in [0.4, 0.5) is 4.79 Å². The number of nitrogens with one attached hydrogen (secondary N) is 2. The number of amides is 2. The van der Waals surface area contributed by atoms with Crippen LogP contribution in [0.15, 0.2) is 0 Å². The molecule has 5 nitrogen and oxygen atoms in total. The highest BCUT2D eigenvalue weighted by molar-refractivity contribution is 7.98. The van der Waals surface area contributed by atoms with E-state index in [0.717, 1.165) is 12.2 Å². The summed E-state index contributed by atoms with van der Waals surface area (Å²) in [6.07, 6.45) is 3.42. The molecule has 0 radical (unpaired) electrons. The Balaban J connectivity index is 3.40. The van der Waals surface area contributed by atoms with Gasteiger partial charge in [0.05, 0.1) is 5.92 Å². The van der Waals surface area contributed by atoms with Crippen LogP contribution in [0.1, 0.15) is 19.8 Å². The highest BCUT2D eigenvalue weighted by Crippen LogP contribution is 1.99. The molecule has 0 saturated heterocycles. The van der Waals surface area contributed by atoms with Gasteiger partial charge in [0.2, 0.25) is 0 Å². The molecule has 0 aromatic carbocycles. The molecule has 0 aliphatic carbocycles. The minimum absolute atomic E-state index is 0.223. The van der Waals surface area contributed by atoms with Crippen molar-refractivity contribution in [1.29, 1.82) is 0 Å². The quantitative estimate of drug-likeness (QED) is 0.563. The molecule has 0 bridgehead atoms. The zero-order valence-electron chi connectivity index (χ0n) is 9.78. The summed E-state index contributed by atoms with van der Waals surface area (Å²) in [7, 11) is 0. The van der Waals surface area contributed by atoms with E-state index in [1.54, 1.807) is 18.7 Å². The van der Waals surface area contributed by atoms with Crippen LogP contribution in [0.5, 0.6) is 0 Å². The number of carbonyl (C=O) groups is 2. The van der Waals surface area contributed by atoms with E-state index < -0.39 is 11.9 Å². The number of carboxylic acids is 1. The number of aliphatic carboxylic acids is 1. The van der Waals surface area contributed by atoms with Gasteiger partial charge in [-0.1, -0.05) is 6.92 Å². The van der Waals surface area contributed by atoms with E-state index in [0.29, 0.717) is 19.5 Å². The molecule has 0 spiro atoms. The minimum atomic E-state index is -0.831. The third-order valence-corrected chi connectivity index (χ3v) is 2.79. The summed E-state index contributed by atoms with van der Waals surface area (Å²) in [5, 5.41) is 14.0.